The summed E-state index contributed by atoms with van der Waals surface area (Å²) >= 11 is 0. The summed E-state index contributed by atoms with van der Waals surface area (Å²) in [6.07, 6.45) is 1.50. The van der Waals surface area contributed by atoms with Gasteiger partial charge in [-0.25, -0.2) is 4.98 Å². The molecular formula is C20H21N5O5. The maximum atomic E-state index is 12.7. The van der Waals surface area contributed by atoms with Crippen LogP contribution >= 0.6 is 0 Å². The van der Waals surface area contributed by atoms with Crippen molar-refractivity contribution in [3.05, 3.63) is 40.8 Å². The lowest BCUT2D eigenvalue weighted by Gasteiger charge is -2.35. The van der Waals surface area contributed by atoms with Crippen molar-refractivity contribution >= 4 is 34.7 Å². The first kappa shape index (κ1) is 19.7. The van der Waals surface area contributed by atoms with Crippen LogP contribution in [0.2, 0.25) is 0 Å². The third-order valence-corrected chi connectivity index (χ3v) is 5.48. The Morgan fingerprint density at radius 1 is 0.833 bits per heavy atom. The molecule has 0 N–H and O–H groups in total. The molecule has 0 radical (unpaired) electrons. The van der Waals surface area contributed by atoms with Gasteiger partial charge in [0.25, 0.3) is 5.56 Å². The minimum absolute atomic E-state index is 0.105. The fraction of sp³-hybridized carbons (Fsp3) is 0.400. The lowest BCUT2D eigenvalue weighted by molar-refractivity contribution is -0.147. The maximum Gasteiger partial charge on any atom is 0.269 e. The van der Waals surface area contributed by atoms with Gasteiger partial charge in [0.05, 0.1) is 17.2 Å². The van der Waals surface area contributed by atoms with E-state index in [2.05, 4.69) is 4.98 Å². The van der Waals surface area contributed by atoms with E-state index >= 15 is 0 Å². The van der Waals surface area contributed by atoms with E-state index in [-0.39, 0.29) is 55.1 Å². The summed E-state index contributed by atoms with van der Waals surface area (Å²) in [6.45, 7) is 0.921. The van der Waals surface area contributed by atoms with E-state index in [1.807, 2.05) is 6.07 Å². The molecule has 2 fully saturated rings. The third-order valence-electron chi connectivity index (χ3n) is 5.48. The predicted molar refractivity (Wildman–Crippen MR) is 105 cm³/mol. The Morgan fingerprint density at radius 2 is 1.40 bits per heavy atom. The number of piperazine rings is 1. The molecule has 2 aliphatic rings. The van der Waals surface area contributed by atoms with Gasteiger partial charge in [0.15, 0.2) is 0 Å². The second-order valence-corrected chi connectivity index (χ2v) is 7.31. The SMILES string of the molecule is O=C(CN1C(=O)CCC1=O)N1CCN(C(=O)Cn2c(=O)cnc3ccccc32)CC1. The third kappa shape index (κ3) is 3.80. The highest BCUT2D eigenvalue weighted by atomic mass is 16.2. The fourth-order valence-electron chi connectivity index (χ4n) is 3.75. The Labute approximate surface area is 171 Å². The quantitative estimate of drug-likeness (QED) is 0.610. The Bertz CT molecular complexity index is 1070. The Kier molecular flexibility index (Phi) is 5.30. The Hall–Kier alpha value is -3.56. The second-order valence-electron chi connectivity index (χ2n) is 7.31. The van der Waals surface area contributed by atoms with E-state index in [1.165, 1.54) is 10.8 Å². The van der Waals surface area contributed by atoms with Crippen molar-refractivity contribution in [3.63, 3.8) is 0 Å². The first-order valence-corrected chi connectivity index (χ1v) is 9.77. The van der Waals surface area contributed by atoms with Crippen molar-refractivity contribution in [1.29, 1.82) is 0 Å². The zero-order chi connectivity index (χ0) is 21.3. The standard InChI is InChI=1S/C20H21N5O5/c26-16-5-6-17(27)25(16)13-20(30)23-9-7-22(8-10-23)19(29)12-24-15-4-2-1-3-14(15)21-11-18(24)28/h1-4,11H,5-10,12-13H2. The van der Waals surface area contributed by atoms with Gasteiger partial charge in [-0.3, -0.25) is 33.4 Å². The number of nitrogens with zero attached hydrogens (tertiary/aromatic N) is 5. The number of hydrogen-bond acceptors (Lipinski definition) is 6. The van der Waals surface area contributed by atoms with E-state index in [1.54, 1.807) is 28.0 Å². The van der Waals surface area contributed by atoms with Crippen LogP contribution in [-0.2, 0) is 25.7 Å². The zero-order valence-electron chi connectivity index (χ0n) is 16.3. The van der Waals surface area contributed by atoms with Gasteiger partial charge in [-0.2, -0.15) is 0 Å². The number of para-hydroxylation sites is 2. The number of carbonyl (C=O) groups excluding carboxylic acids is 4. The van der Waals surface area contributed by atoms with Gasteiger partial charge < -0.3 is 9.80 Å². The molecule has 2 aromatic rings. The van der Waals surface area contributed by atoms with Crippen LogP contribution in [0, 0.1) is 0 Å². The number of fused-ring (bicyclic) bond motifs is 1. The molecule has 10 nitrogen and oxygen atoms in total. The van der Waals surface area contributed by atoms with Crippen LogP contribution in [-0.4, -0.2) is 80.6 Å². The van der Waals surface area contributed by atoms with E-state index in [0.29, 0.717) is 37.2 Å². The highest BCUT2D eigenvalue weighted by Crippen LogP contribution is 2.13. The summed E-state index contributed by atoms with van der Waals surface area (Å²) in [6, 6.07) is 7.11. The average molecular weight is 411 g/mol. The molecule has 0 spiro atoms. The zero-order valence-corrected chi connectivity index (χ0v) is 16.3. The van der Waals surface area contributed by atoms with E-state index < -0.39 is 0 Å². The summed E-state index contributed by atoms with van der Waals surface area (Å²) in [4.78, 5) is 69.0. The molecule has 1 aromatic carbocycles. The van der Waals surface area contributed by atoms with Crippen molar-refractivity contribution < 1.29 is 19.2 Å². The topological polar surface area (TPSA) is 113 Å². The normalized spacial score (nSPS) is 17.1. The lowest BCUT2D eigenvalue weighted by atomic mass is 10.2. The first-order chi connectivity index (χ1) is 14.4. The molecule has 4 amide bonds. The molecule has 0 unspecified atom stereocenters. The van der Waals surface area contributed by atoms with Crippen molar-refractivity contribution in [3.8, 4) is 0 Å². The van der Waals surface area contributed by atoms with Crippen molar-refractivity contribution in [2.45, 2.75) is 19.4 Å². The monoisotopic (exact) mass is 411 g/mol. The number of benzene rings is 1. The van der Waals surface area contributed by atoms with Crippen molar-refractivity contribution in [2.24, 2.45) is 0 Å². The van der Waals surface area contributed by atoms with Gasteiger partial charge in [0.1, 0.15) is 13.1 Å². The van der Waals surface area contributed by atoms with Gasteiger partial charge in [0.2, 0.25) is 23.6 Å². The van der Waals surface area contributed by atoms with Crippen LogP contribution in [0.4, 0.5) is 0 Å². The van der Waals surface area contributed by atoms with Crippen LogP contribution in [0.15, 0.2) is 35.3 Å². The lowest BCUT2D eigenvalue weighted by Crippen LogP contribution is -2.53. The molecular weight excluding hydrogens is 390 g/mol. The van der Waals surface area contributed by atoms with Gasteiger partial charge in [-0.05, 0) is 12.1 Å². The molecule has 0 atom stereocenters. The maximum absolute atomic E-state index is 12.7. The van der Waals surface area contributed by atoms with Crippen LogP contribution in [0.25, 0.3) is 11.0 Å². The molecule has 156 valence electrons. The minimum Gasteiger partial charge on any atom is -0.338 e. The van der Waals surface area contributed by atoms with Crippen molar-refractivity contribution in [2.75, 3.05) is 32.7 Å². The average Bonchev–Trinajstić information content (AvgIpc) is 3.07. The number of hydrogen-bond donors (Lipinski definition) is 0. The van der Waals surface area contributed by atoms with E-state index in [9.17, 15) is 24.0 Å². The largest absolute Gasteiger partial charge is 0.338 e. The predicted octanol–water partition coefficient (Wildman–Crippen LogP) is -0.784. The molecule has 30 heavy (non-hydrogen) atoms. The molecule has 0 aliphatic carbocycles. The van der Waals surface area contributed by atoms with E-state index in [0.717, 1.165) is 4.90 Å². The fourth-order valence-corrected chi connectivity index (χ4v) is 3.75. The van der Waals surface area contributed by atoms with Crippen LogP contribution < -0.4 is 5.56 Å². The number of amides is 4. The second kappa shape index (κ2) is 8.05. The molecule has 3 heterocycles. The van der Waals surface area contributed by atoms with Gasteiger partial charge in [-0.15, -0.1) is 0 Å². The number of imide groups is 1. The van der Waals surface area contributed by atoms with Gasteiger partial charge >= 0.3 is 0 Å². The summed E-state index contributed by atoms with van der Waals surface area (Å²) in [7, 11) is 0. The van der Waals surface area contributed by atoms with Crippen LogP contribution in [0.1, 0.15) is 12.8 Å². The Morgan fingerprint density at radius 3 is 2.03 bits per heavy atom. The molecule has 0 bridgehead atoms. The molecule has 2 saturated heterocycles. The van der Waals surface area contributed by atoms with Gasteiger partial charge in [-0.1, -0.05) is 12.1 Å². The number of rotatable bonds is 4. The van der Waals surface area contributed by atoms with Crippen molar-refractivity contribution in [1.82, 2.24) is 24.3 Å². The molecule has 10 heteroatoms. The summed E-state index contributed by atoms with van der Waals surface area (Å²) in [5, 5.41) is 0. The molecule has 1 aromatic heterocycles. The molecule has 2 aliphatic heterocycles. The smallest absolute Gasteiger partial charge is 0.269 e. The van der Waals surface area contributed by atoms with E-state index in [4.69, 9.17) is 0 Å². The number of likely N-dealkylation sites (tertiary alicyclic amines) is 1. The number of carbonyl (C=O) groups is 4. The minimum atomic E-state index is -0.351. The molecule has 4 rings (SSSR count). The van der Waals surface area contributed by atoms with Crippen LogP contribution in [0.5, 0.6) is 0 Å². The van der Waals surface area contributed by atoms with Gasteiger partial charge in [0, 0.05) is 39.0 Å². The van der Waals surface area contributed by atoms with Crippen LogP contribution in [0.3, 0.4) is 0 Å². The summed E-state index contributed by atoms with van der Waals surface area (Å²) in [5.74, 6) is -1.16. The first-order valence-electron chi connectivity index (χ1n) is 9.77. The molecule has 0 saturated carbocycles. The highest BCUT2D eigenvalue weighted by molar-refractivity contribution is 6.04. The summed E-state index contributed by atoms with van der Waals surface area (Å²) < 4.78 is 1.40. The summed E-state index contributed by atoms with van der Waals surface area (Å²) in [5.41, 5.74) is 0.870. The highest BCUT2D eigenvalue weighted by Gasteiger charge is 2.33. The number of aromatic nitrogens is 2. The Balaban J connectivity index is 1.37.